The summed E-state index contributed by atoms with van der Waals surface area (Å²) in [5.74, 6) is 2.29. The molecule has 3 rings (SSSR count). The summed E-state index contributed by atoms with van der Waals surface area (Å²) in [6.45, 7) is 2.82. The first-order chi connectivity index (χ1) is 10.2. The first-order valence-corrected chi connectivity index (χ1v) is 7.30. The monoisotopic (exact) mass is 284 g/mol. The van der Waals surface area contributed by atoms with Crippen LogP contribution in [0.25, 0.3) is 0 Å². The summed E-state index contributed by atoms with van der Waals surface area (Å²) in [7, 11) is 3.88. The Labute approximate surface area is 124 Å². The summed E-state index contributed by atoms with van der Waals surface area (Å²) in [5.41, 5.74) is 2.41. The maximum Gasteiger partial charge on any atom is 0.229 e. The Morgan fingerprint density at radius 3 is 2.90 bits per heavy atom. The van der Waals surface area contributed by atoms with E-state index in [0.717, 1.165) is 30.9 Å². The molecule has 0 amide bonds. The summed E-state index contributed by atoms with van der Waals surface area (Å²) in [5, 5.41) is 3.18. The number of aromatic nitrogens is 4. The molecule has 0 aliphatic heterocycles. The van der Waals surface area contributed by atoms with E-state index in [0.29, 0.717) is 11.9 Å². The van der Waals surface area contributed by atoms with Crippen molar-refractivity contribution in [3.8, 4) is 0 Å². The molecule has 21 heavy (non-hydrogen) atoms. The first-order valence-electron chi connectivity index (χ1n) is 7.30. The molecule has 1 N–H and O–H groups in total. The Morgan fingerprint density at radius 1 is 1.29 bits per heavy atom. The zero-order valence-electron chi connectivity index (χ0n) is 12.7. The summed E-state index contributed by atoms with van der Waals surface area (Å²) in [6.07, 6.45) is 3.89. The maximum absolute atomic E-state index is 4.62. The van der Waals surface area contributed by atoms with Gasteiger partial charge in [0.1, 0.15) is 5.82 Å². The summed E-state index contributed by atoms with van der Waals surface area (Å²) >= 11 is 0. The average molecular weight is 284 g/mol. The molecule has 1 aliphatic carbocycles. The Kier molecular flexibility index (Phi) is 3.68. The van der Waals surface area contributed by atoms with Gasteiger partial charge in [0.25, 0.3) is 0 Å². The molecule has 2 aromatic heterocycles. The van der Waals surface area contributed by atoms with Gasteiger partial charge in [-0.1, -0.05) is 6.07 Å². The van der Waals surface area contributed by atoms with Crippen molar-refractivity contribution < 1.29 is 0 Å². The smallest absolute Gasteiger partial charge is 0.229 e. The Balaban J connectivity index is 2.02. The Morgan fingerprint density at radius 2 is 2.14 bits per heavy atom. The number of hydrogen-bond donors (Lipinski definition) is 1. The third kappa shape index (κ3) is 2.66. The van der Waals surface area contributed by atoms with E-state index in [2.05, 4.69) is 31.3 Å². The van der Waals surface area contributed by atoms with Crippen LogP contribution >= 0.6 is 0 Å². The molecular formula is C15H20N6. The zero-order chi connectivity index (χ0) is 14.8. The lowest BCUT2D eigenvalue weighted by Gasteiger charge is -2.16. The van der Waals surface area contributed by atoms with Crippen LogP contribution in [0.1, 0.15) is 36.3 Å². The zero-order valence-corrected chi connectivity index (χ0v) is 12.7. The molecule has 0 saturated heterocycles. The van der Waals surface area contributed by atoms with Gasteiger partial charge in [-0.3, -0.25) is 4.98 Å². The van der Waals surface area contributed by atoms with Crippen molar-refractivity contribution in [2.45, 2.75) is 25.7 Å². The fourth-order valence-corrected chi connectivity index (χ4v) is 2.64. The van der Waals surface area contributed by atoms with E-state index >= 15 is 0 Å². The average Bonchev–Trinajstić information content (AvgIpc) is 2.91. The van der Waals surface area contributed by atoms with E-state index in [1.165, 1.54) is 5.56 Å². The number of aryl methyl sites for hydroxylation is 1. The fraction of sp³-hybridized carbons (Fsp3) is 0.467. The third-order valence-electron chi connectivity index (χ3n) is 3.65. The molecule has 6 nitrogen and oxygen atoms in total. The molecule has 0 saturated carbocycles. The molecule has 0 fully saturated rings. The molecule has 0 radical (unpaired) electrons. The quantitative estimate of drug-likeness (QED) is 0.924. The number of rotatable bonds is 4. The van der Waals surface area contributed by atoms with Crippen LogP contribution in [-0.4, -0.2) is 40.6 Å². The van der Waals surface area contributed by atoms with E-state index < -0.39 is 0 Å². The highest BCUT2D eigenvalue weighted by atomic mass is 15.3. The predicted molar refractivity (Wildman–Crippen MR) is 82.7 cm³/mol. The number of hydrogen-bond acceptors (Lipinski definition) is 6. The number of pyridine rings is 1. The van der Waals surface area contributed by atoms with Crippen LogP contribution in [0.2, 0.25) is 0 Å². The minimum absolute atomic E-state index is 0.167. The van der Waals surface area contributed by atoms with E-state index in [1.54, 1.807) is 0 Å². The maximum atomic E-state index is 4.62. The van der Waals surface area contributed by atoms with Gasteiger partial charge in [0.05, 0.1) is 11.6 Å². The van der Waals surface area contributed by atoms with Crippen LogP contribution in [0.5, 0.6) is 0 Å². The topological polar surface area (TPSA) is 66.8 Å². The standard InChI is InChI=1S/C15H20N6/c1-4-16-14-18-13(19-15(20-14)21(2)3)11-8-7-10-6-5-9-17-12(10)11/h5-6,9,11H,4,7-8H2,1-3H3,(H,16,18,19,20). The van der Waals surface area contributed by atoms with Gasteiger partial charge in [-0.25, -0.2) is 0 Å². The van der Waals surface area contributed by atoms with Crippen LogP contribution in [0.3, 0.4) is 0 Å². The van der Waals surface area contributed by atoms with E-state index in [1.807, 2.05) is 38.2 Å². The molecule has 1 atom stereocenters. The van der Waals surface area contributed by atoms with Crippen molar-refractivity contribution in [3.63, 3.8) is 0 Å². The number of nitrogens with zero attached hydrogens (tertiary/aromatic N) is 5. The molecule has 0 bridgehead atoms. The van der Waals surface area contributed by atoms with Gasteiger partial charge in [0.2, 0.25) is 11.9 Å². The van der Waals surface area contributed by atoms with Gasteiger partial charge in [-0.15, -0.1) is 0 Å². The van der Waals surface area contributed by atoms with Crippen molar-refractivity contribution in [2.75, 3.05) is 30.9 Å². The lowest BCUT2D eigenvalue weighted by Crippen LogP contribution is -2.18. The van der Waals surface area contributed by atoms with Gasteiger partial charge < -0.3 is 10.2 Å². The predicted octanol–water partition coefficient (Wildman–Crippen LogP) is 1.84. The molecular weight excluding hydrogens is 264 g/mol. The second-order valence-electron chi connectivity index (χ2n) is 5.38. The van der Waals surface area contributed by atoms with E-state index in [4.69, 9.17) is 0 Å². The van der Waals surface area contributed by atoms with Crippen LogP contribution < -0.4 is 10.2 Å². The van der Waals surface area contributed by atoms with Crippen LogP contribution in [0, 0.1) is 0 Å². The van der Waals surface area contributed by atoms with Crippen LogP contribution in [-0.2, 0) is 6.42 Å². The number of nitrogens with one attached hydrogen (secondary N) is 1. The van der Waals surface area contributed by atoms with E-state index in [-0.39, 0.29) is 5.92 Å². The minimum Gasteiger partial charge on any atom is -0.354 e. The molecule has 0 spiro atoms. The highest BCUT2D eigenvalue weighted by molar-refractivity contribution is 5.40. The lowest BCUT2D eigenvalue weighted by molar-refractivity contribution is 0.705. The van der Waals surface area contributed by atoms with Gasteiger partial charge in [0.15, 0.2) is 0 Å². The van der Waals surface area contributed by atoms with Crippen LogP contribution in [0.15, 0.2) is 18.3 Å². The molecule has 6 heteroatoms. The second kappa shape index (κ2) is 5.63. The summed E-state index contributed by atoms with van der Waals surface area (Å²) < 4.78 is 0. The number of anilines is 2. The van der Waals surface area contributed by atoms with Gasteiger partial charge >= 0.3 is 0 Å². The van der Waals surface area contributed by atoms with Crippen molar-refractivity contribution in [1.82, 2.24) is 19.9 Å². The minimum atomic E-state index is 0.167. The van der Waals surface area contributed by atoms with Crippen molar-refractivity contribution in [3.05, 3.63) is 35.4 Å². The molecule has 1 aliphatic rings. The summed E-state index contributed by atoms with van der Waals surface area (Å²) in [6, 6.07) is 4.13. The number of fused-ring (bicyclic) bond motifs is 1. The Hall–Kier alpha value is -2.24. The van der Waals surface area contributed by atoms with Crippen molar-refractivity contribution in [2.24, 2.45) is 0 Å². The van der Waals surface area contributed by atoms with E-state index in [9.17, 15) is 0 Å². The second-order valence-corrected chi connectivity index (χ2v) is 5.38. The Bertz CT molecular complexity index is 640. The molecule has 2 aromatic rings. The SMILES string of the molecule is CCNc1nc(C2CCc3cccnc32)nc(N(C)C)n1. The first kappa shape index (κ1) is 13.7. The lowest BCUT2D eigenvalue weighted by atomic mass is 10.1. The molecule has 0 aromatic carbocycles. The molecule has 2 heterocycles. The summed E-state index contributed by atoms with van der Waals surface area (Å²) in [4.78, 5) is 20.1. The van der Waals surface area contributed by atoms with Gasteiger partial charge in [0, 0.05) is 26.8 Å². The molecule has 110 valence electrons. The fourth-order valence-electron chi connectivity index (χ4n) is 2.64. The van der Waals surface area contributed by atoms with Crippen molar-refractivity contribution in [1.29, 1.82) is 0 Å². The van der Waals surface area contributed by atoms with Gasteiger partial charge in [-0.05, 0) is 31.4 Å². The van der Waals surface area contributed by atoms with Gasteiger partial charge in [-0.2, -0.15) is 15.0 Å². The highest BCUT2D eigenvalue weighted by Gasteiger charge is 2.28. The largest absolute Gasteiger partial charge is 0.354 e. The van der Waals surface area contributed by atoms with Crippen LogP contribution in [0.4, 0.5) is 11.9 Å². The van der Waals surface area contributed by atoms with Crippen molar-refractivity contribution >= 4 is 11.9 Å². The third-order valence-corrected chi connectivity index (χ3v) is 3.65. The normalized spacial score (nSPS) is 16.6. The molecule has 1 unspecified atom stereocenters. The highest BCUT2D eigenvalue weighted by Crippen LogP contribution is 2.35.